The number of epoxide rings is 1. The van der Waals surface area contributed by atoms with Crippen molar-refractivity contribution < 1.29 is 48.0 Å². The summed E-state index contributed by atoms with van der Waals surface area (Å²) >= 11 is 6.79. The standard InChI is InChI=1S/C42H62ClN3O10S2/c1-25-16-15-17-32(53-11)42(51)24-31(54-39(50)44-42)26(2)37-41(7,56-37)33(23-35(48)46(9)29-21-28(20-25)22-30(52-10)36(29)43)55-38(49)27(3)45(8)34(47)18-13-12-14-19-57-58-40(4,5)6/h15-17,21-22,26-27,31-33,37,51H,12-14,18-20,23-24H2,1-11H3,(H,44,50)/b17-15+,25-16+/t26-,27-,31+,32-,33+,37?,41+,42+/m1/s1. The van der Waals surface area contributed by atoms with Crippen LogP contribution in [0.3, 0.4) is 0 Å². The number of carbonyl (C=O) groups is 4. The number of amides is 3. The second-order valence-electron chi connectivity index (χ2n) is 16.7. The Labute approximate surface area is 356 Å². The van der Waals surface area contributed by atoms with Crippen LogP contribution in [0.4, 0.5) is 10.5 Å². The summed E-state index contributed by atoms with van der Waals surface area (Å²) < 4.78 is 29.6. The first-order valence-corrected chi connectivity index (χ1v) is 22.5. The molecule has 1 aromatic carbocycles. The summed E-state index contributed by atoms with van der Waals surface area (Å²) in [5.41, 5.74) is -0.887. The molecule has 0 aromatic heterocycles. The number of anilines is 1. The highest BCUT2D eigenvalue weighted by molar-refractivity contribution is 8.77. The molecule has 0 saturated carbocycles. The van der Waals surface area contributed by atoms with Crippen LogP contribution in [0.2, 0.25) is 5.02 Å². The highest BCUT2D eigenvalue weighted by Gasteiger charge is 2.64. The highest BCUT2D eigenvalue weighted by Crippen LogP contribution is 2.49. The van der Waals surface area contributed by atoms with Crippen LogP contribution in [0.1, 0.15) is 92.6 Å². The Morgan fingerprint density at radius 2 is 1.90 bits per heavy atom. The molecule has 3 amide bonds. The lowest BCUT2D eigenvalue weighted by Gasteiger charge is -2.42. The smallest absolute Gasteiger partial charge is 0.409 e. The van der Waals surface area contributed by atoms with Crippen LogP contribution in [-0.4, -0.2) is 114 Å². The molecule has 2 N–H and O–H groups in total. The molecule has 2 saturated heterocycles. The lowest BCUT2D eigenvalue weighted by Crippen LogP contribution is -2.63. The number of ether oxygens (including phenoxy) is 5. The molecule has 13 nitrogen and oxygen atoms in total. The number of hydrogen-bond acceptors (Lipinski definition) is 12. The van der Waals surface area contributed by atoms with Crippen molar-refractivity contribution in [2.24, 2.45) is 5.92 Å². The van der Waals surface area contributed by atoms with E-state index in [4.69, 9.17) is 35.3 Å². The van der Waals surface area contributed by atoms with E-state index in [1.807, 2.05) is 47.6 Å². The van der Waals surface area contributed by atoms with Crippen molar-refractivity contribution in [2.75, 3.05) is 39.0 Å². The van der Waals surface area contributed by atoms with E-state index in [1.165, 1.54) is 24.0 Å². The summed E-state index contributed by atoms with van der Waals surface area (Å²) in [5, 5.41) is 14.5. The van der Waals surface area contributed by atoms with Crippen molar-refractivity contribution >= 4 is 62.8 Å². The van der Waals surface area contributed by atoms with Crippen molar-refractivity contribution in [3.8, 4) is 5.75 Å². The lowest BCUT2D eigenvalue weighted by atomic mass is 9.83. The fraction of sp³-hybridized carbons (Fsp3) is 0.667. The zero-order chi connectivity index (χ0) is 43.2. The van der Waals surface area contributed by atoms with Crippen LogP contribution in [0, 0.1) is 5.92 Å². The maximum absolute atomic E-state index is 14.2. The molecule has 0 spiro atoms. The van der Waals surface area contributed by atoms with Gasteiger partial charge in [-0.25, -0.2) is 9.59 Å². The van der Waals surface area contributed by atoms with E-state index in [0.29, 0.717) is 24.3 Å². The number of rotatable bonds is 12. The van der Waals surface area contributed by atoms with Crippen LogP contribution in [0.25, 0.3) is 0 Å². The molecule has 58 heavy (non-hydrogen) atoms. The molecular formula is C42H62ClN3O10S2. The van der Waals surface area contributed by atoms with Gasteiger partial charge in [-0.15, -0.1) is 0 Å². The first-order valence-electron chi connectivity index (χ1n) is 19.8. The van der Waals surface area contributed by atoms with Gasteiger partial charge in [0.1, 0.15) is 40.7 Å². The number of carbonyl (C=O) groups excluding carboxylic acids is 4. The van der Waals surface area contributed by atoms with Gasteiger partial charge in [0.25, 0.3) is 0 Å². The van der Waals surface area contributed by atoms with Gasteiger partial charge in [-0.1, -0.05) is 91.1 Å². The predicted octanol–water partition coefficient (Wildman–Crippen LogP) is 7.25. The number of hydrogen-bond donors (Lipinski definition) is 2. The first-order chi connectivity index (χ1) is 27.1. The number of methoxy groups -OCH3 is 2. The minimum Gasteiger partial charge on any atom is -0.495 e. The summed E-state index contributed by atoms with van der Waals surface area (Å²) in [4.78, 5) is 57.0. The zero-order valence-electron chi connectivity index (χ0n) is 35.7. The largest absolute Gasteiger partial charge is 0.495 e. The average Bonchev–Trinajstić information content (AvgIpc) is 3.85. The highest BCUT2D eigenvalue weighted by atomic mass is 35.5. The molecule has 3 aliphatic rings. The summed E-state index contributed by atoms with van der Waals surface area (Å²) in [6.45, 7) is 13.6. The fourth-order valence-corrected chi connectivity index (χ4v) is 9.96. The number of unbranched alkanes of at least 4 members (excludes halogenated alkanes) is 2. The second-order valence-corrected chi connectivity index (χ2v) is 20.4. The molecule has 4 bridgehead atoms. The topological polar surface area (TPSA) is 156 Å². The van der Waals surface area contributed by atoms with Crippen molar-refractivity contribution in [1.82, 2.24) is 10.2 Å². The van der Waals surface area contributed by atoms with Gasteiger partial charge in [0.2, 0.25) is 11.8 Å². The van der Waals surface area contributed by atoms with Gasteiger partial charge in [-0.2, -0.15) is 0 Å². The molecule has 4 rings (SSSR count). The summed E-state index contributed by atoms with van der Waals surface area (Å²) in [7, 11) is 9.78. The maximum Gasteiger partial charge on any atom is 0.409 e. The molecular weight excluding hydrogens is 806 g/mol. The Kier molecular flexibility index (Phi) is 16.5. The molecule has 16 heteroatoms. The Bertz CT molecular complexity index is 1720. The summed E-state index contributed by atoms with van der Waals surface area (Å²) in [5.74, 6) is -0.451. The zero-order valence-corrected chi connectivity index (χ0v) is 38.1. The van der Waals surface area contributed by atoms with Crippen molar-refractivity contribution in [1.29, 1.82) is 0 Å². The van der Waals surface area contributed by atoms with Crippen LogP contribution in [0.5, 0.6) is 5.75 Å². The minimum absolute atomic E-state index is 0.0453. The Balaban J connectivity index is 1.61. The predicted molar refractivity (Wildman–Crippen MR) is 229 cm³/mol. The number of fused-ring (bicyclic) bond motifs is 5. The van der Waals surface area contributed by atoms with Gasteiger partial charge >= 0.3 is 12.1 Å². The number of allylic oxidation sites excluding steroid dienone is 3. The molecule has 1 aromatic rings. The van der Waals surface area contributed by atoms with Gasteiger partial charge in [-0.3, -0.25) is 14.9 Å². The number of aliphatic hydroxyl groups is 1. The number of likely N-dealkylation sites (N-methyl/N-ethyl adjacent to an activating group) is 1. The van der Waals surface area contributed by atoms with Gasteiger partial charge < -0.3 is 38.6 Å². The third kappa shape index (κ3) is 12.1. The number of nitrogens with one attached hydrogen (secondary N) is 1. The number of nitrogens with zero attached hydrogens (tertiary/aromatic N) is 2. The van der Waals surface area contributed by atoms with Crippen LogP contribution in [-0.2, 0) is 39.8 Å². The van der Waals surface area contributed by atoms with Gasteiger partial charge in [0.15, 0.2) is 5.72 Å². The van der Waals surface area contributed by atoms with Crippen LogP contribution >= 0.6 is 33.2 Å². The van der Waals surface area contributed by atoms with Gasteiger partial charge in [-0.05, 0) is 57.7 Å². The van der Waals surface area contributed by atoms with Crippen LogP contribution < -0.4 is 15.0 Å². The molecule has 8 atom stereocenters. The molecule has 3 heterocycles. The van der Waals surface area contributed by atoms with E-state index in [1.54, 1.807) is 46.2 Å². The van der Waals surface area contributed by atoms with E-state index >= 15 is 0 Å². The molecule has 324 valence electrons. The Morgan fingerprint density at radius 3 is 2.55 bits per heavy atom. The van der Waals surface area contributed by atoms with Crippen LogP contribution in [0.15, 0.2) is 35.9 Å². The first kappa shape index (κ1) is 47.7. The summed E-state index contributed by atoms with van der Waals surface area (Å²) in [6.07, 6.45) is 3.88. The number of benzene rings is 1. The van der Waals surface area contributed by atoms with Gasteiger partial charge in [0.05, 0.1) is 25.3 Å². The Morgan fingerprint density at radius 1 is 1.19 bits per heavy atom. The van der Waals surface area contributed by atoms with Crippen molar-refractivity contribution in [3.63, 3.8) is 0 Å². The maximum atomic E-state index is 14.2. The van der Waals surface area contributed by atoms with Crippen molar-refractivity contribution in [3.05, 3.63) is 46.5 Å². The van der Waals surface area contributed by atoms with Gasteiger partial charge in [0, 0.05) is 50.5 Å². The molecule has 3 aliphatic heterocycles. The van der Waals surface area contributed by atoms with Crippen molar-refractivity contribution in [2.45, 2.75) is 140 Å². The third-order valence-corrected chi connectivity index (χ3v) is 14.8. The number of alkyl carbamates (subject to hydrolysis) is 1. The quantitative estimate of drug-likeness (QED) is 0.0941. The number of halogens is 1. The third-order valence-electron chi connectivity index (χ3n) is 11.0. The van der Waals surface area contributed by atoms with E-state index < -0.39 is 65.7 Å². The molecule has 2 fully saturated rings. The SMILES string of the molecule is COc1cc2cc(c1Cl)N(C)C(=O)C[C@H](OC(=O)[C@@H](C)N(C)C(=O)CCCCCSSC(C)(C)C)[C@]1(C)OC1[C@H](C)[C@@H]1C[C@@](O)(NC(=O)O1)[C@H](OC)/C=C/C=C(\C)C2. The van der Waals surface area contributed by atoms with E-state index in [2.05, 4.69) is 26.1 Å². The van der Waals surface area contributed by atoms with E-state index in [0.717, 1.165) is 29.7 Å². The monoisotopic (exact) mass is 867 g/mol. The number of esters is 1. The minimum atomic E-state index is -1.82. The summed E-state index contributed by atoms with van der Waals surface area (Å²) in [6, 6.07) is 2.65. The molecule has 1 unspecified atom stereocenters. The van der Waals surface area contributed by atoms with E-state index in [-0.39, 0.29) is 34.9 Å². The normalized spacial score (nSPS) is 29.8. The lowest BCUT2D eigenvalue weighted by molar-refractivity contribution is -0.162. The molecule has 0 radical (unpaired) electrons. The molecule has 0 aliphatic carbocycles. The fourth-order valence-electron chi connectivity index (χ4n) is 7.23. The Hall–Kier alpha value is -2.95. The average molecular weight is 869 g/mol. The van der Waals surface area contributed by atoms with E-state index in [9.17, 15) is 24.3 Å². The second kappa shape index (κ2) is 20.1.